The number of amides is 1. The van der Waals surface area contributed by atoms with Crippen molar-refractivity contribution in [3.63, 3.8) is 0 Å². The maximum Gasteiger partial charge on any atom is 0.266 e. The maximum atomic E-state index is 13.7. The lowest BCUT2D eigenvalue weighted by Gasteiger charge is -2.31. The lowest BCUT2D eigenvalue weighted by Crippen LogP contribution is -2.38. The van der Waals surface area contributed by atoms with E-state index in [1.165, 1.54) is 0 Å². The number of aryl methyl sites for hydroxylation is 1. The first kappa shape index (κ1) is 23.7. The molecule has 4 rings (SSSR count). The van der Waals surface area contributed by atoms with Gasteiger partial charge in [0.1, 0.15) is 5.82 Å². The number of halogens is 1. The highest BCUT2D eigenvalue weighted by atomic mass is 35.5. The average molecular weight is 474 g/mol. The zero-order chi connectivity index (χ0) is 24.2. The largest absolute Gasteiger partial charge is 0.329 e. The van der Waals surface area contributed by atoms with Gasteiger partial charge >= 0.3 is 0 Å². The van der Waals surface area contributed by atoms with Crippen molar-refractivity contribution < 1.29 is 4.79 Å². The summed E-state index contributed by atoms with van der Waals surface area (Å²) in [4.78, 5) is 34.0. The number of hydrogen-bond acceptors (Lipinski definition) is 3. The van der Waals surface area contributed by atoms with E-state index in [9.17, 15) is 9.59 Å². The second-order valence-corrected chi connectivity index (χ2v) is 8.88. The van der Waals surface area contributed by atoms with Gasteiger partial charge in [-0.1, -0.05) is 66.9 Å². The summed E-state index contributed by atoms with van der Waals surface area (Å²) in [6, 6.07) is 21.7. The molecule has 0 bridgehead atoms. The van der Waals surface area contributed by atoms with Gasteiger partial charge < -0.3 is 4.90 Å². The van der Waals surface area contributed by atoms with Crippen molar-refractivity contribution in [3.05, 3.63) is 105 Å². The lowest BCUT2D eigenvalue weighted by molar-refractivity contribution is 0.0678. The lowest BCUT2D eigenvalue weighted by atomic mass is 10.1. The van der Waals surface area contributed by atoms with Gasteiger partial charge in [-0.15, -0.1) is 0 Å². The third-order valence-electron chi connectivity index (χ3n) is 6.05. The molecule has 6 heteroatoms. The van der Waals surface area contributed by atoms with Crippen LogP contribution in [-0.2, 0) is 0 Å². The molecule has 0 aliphatic heterocycles. The fourth-order valence-electron chi connectivity index (χ4n) is 4.10. The van der Waals surface area contributed by atoms with E-state index in [1.807, 2.05) is 56.3 Å². The summed E-state index contributed by atoms with van der Waals surface area (Å²) < 4.78 is 1.63. The molecule has 0 spiro atoms. The Hall–Kier alpha value is -3.44. The normalized spacial score (nSPS) is 12.0. The summed E-state index contributed by atoms with van der Waals surface area (Å²) in [5.74, 6) is 0.341. The van der Waals surface area contributed by atoms with Crippen molar-refractivity contribution in [2.45, 2.75) is 39.7 Å². The molecule has 34 heavy (non-hydrogen) atoms. The van der Waals surface area contributed by atoms with Crippen LogP contribution in [0.5, 0.6) is 0 Å². The Morgan fingerprint density at radius 2 is 1.71 bits per heavy atom. The predicted octanol–water partition coefficient (Wildman–Crippen LogP) is 6.35. The molecule has 5 nitrogen and oxygen atoms in total. The SMILES string of the molecule is CCCCN(C(=O)c1ccccc1Cl)C(C)c1nc2ccccc2c(=O)n1-c1ccc(C)cc1. The smallest absolute Gasteiger partial charge is 0.266 e. The molecule has 0 saturated heterocycles. The third kappa shape index (κ3) is 4.62. The van der Waals surface area contributed by atoms with E-state index in [1.54, 1.807) is 39.8 Å². The van der Waals surface area contributed by atoms with Crippen LogP contribution in [0.15, 0.2) is 77.6 Å². The van der Waals surface area contributed by atoms with Crippen molar-refractivity contribution in [2.75, 3.05) is 6.54 Å². The number of benzene rings is 3. The predicted molar refractivity (Wildman–Crippen MR) is 138 cm³/mol. The highest BCUT2D eigenvalue weighted by molar-refractivity contribution is 6.33. The number of carbonyl (C=O) groups excluding carboxylic acids is 1. The fourth-order valence-corrected chi connectivity index (χ4v) is 4.32. The minimum Gasteiger partial charge on any atom is -0.329 e. The molecular weight excluding hydrogens is 446 g/mol. The summed E-state index contributed by atoms with van der Waals surface area (Å²) in [7, 11) is 0. The topological polar surface area (TPSA) is 55.2 Å². The molecule has 0 aliphatic carbocycles. The summed E-state index contributed by atoms with van der Waals surface area (Å²) in [6.07, 6.45) is 1.75. The standard InChI is InChI=1S/C28H28ClN3O2/c1-4-5-18-31(27(33)22-10-6-8-12-24(22)29)20(3)26-30-25-13-9-7-11-23(25)28(34)32(26)21-16-14-19(2)15-17-21/h6-17,20H,4-5,18H2,1-3H3. The Kier molecular flexibility index (Phi) is 7.13. The molecule has 0 fully saturated rings. The molecule has 1 atom stereocenters. The van der Waals surface area contributed by atoms with E-state index in [2.05, 4.69) is 6.92 Å². The van der Waals surface area contributed by atoms with Crippen molar-refractivity contribution in [1.29, 1.82) is 0 Å². The number of para-hydroxylation sites is 1. The molecule has 4 aromatic rings. The van der Waals surface area contributed by atoms with Gasteiger partial charge in [0, 0.05) is 6.54 Å². The number of aromatic nitrogens is 2. The van der Waals surface area contributed by atoms with E-state index in [-0.39, 0.29) is 11.5 Å². The molecule has 0 N–H and O–H groups in total. The van der Waals surface area contributed by atoms with Gasteiger partial charge in [-0.05, 0) is 56.7 Å². The maximum absolute atomic E-state index is 13.7. The van der Waals surface area contributed by atoms with Crippen LogP contribution in [0.1, 0.15) is 54.5 Å². The molecule has 1 aromatic heterocycles. The molecule has 174 valence electrons. The Morgan fingerprint density at radius 3 is 2.41 bits per heavy atom. The summed E-state index contributed by atoms with van der Waals surface area (Å²) >= 11 is 6.37. The van der Waals surface area contributed by atoms with Crippen molar-refractivity contribution in [2.24, 2.45) is 0 Å². The molecule has 0 radical (unpaired) electrons. The number of hydrogen-bond donors (Lipinski definition) is 0. The Morgan fingerprint density at radius 1 is 1.03 bits per heavy atom. The molecular formula is C28H28ClN3O2. The second-order valence-electron chi connectivity index (χ2n) is 8.47. The van der Waals surface area contributed by atoms with E-state index in [0.717, 1.165) is 24.1 Å². The van der Waals surface area contributed by atoms with Crippen LogP contribution in [0.3, 0.4) is 0 Å². The first-order chi connectivity index (χ1) is 16.4. The van der Waals surface area contributed by atoms with Gasteiger partial charge in [-0.25, -0.2) is 4.98 Å². The van der Waals surface area contributed by atoms with Crippen molar-refractivity contribution >= 4 is 28.4 Å². The first-order valence-corrected chi connectivity index (χ1v) is 11.9. The fraction of sp³-hybridized carbons (Fsp3) is 0.250. The second kappa shape index (κ2) is 10.2. The molecule has 0 aliphatic rings. The zero-order valence-corrected chi connectivity index (χ0v) is 20.4. The van der Waals surface area contributed by atoms with Crippen LogP contribution in [0.25, 0.3) is 16.6 Å². The minimum atomic E-state index is -0.464. The van der Waals surface area contributed by atoms with Gasteiger partial charge in [0.15, 0.2) is 0 Å². The van der Waals surface area contributed by atoms with Gasteiger partial charge in [-0.2, -0.15) is 0 Å². The number of rotatable bonds is 7. The van der Waals surface area contributed by atoms with Crippen molar-refractivity contribution in [3.8, 4) is 5.69 Å². The number of carbonyl (C=O) groups is 1. The van der Waals surface area contributed by atoms with Crippen LogP contribution in [0.4, 0.5) is 0 Å². The van der Waals surface area contributed by atoms with E-state index in [0.29, 0.717) is 33.9 Å². The van der Waals surface area contributed by atoms with Crippen LogP contribution in [-0.4, -0.2) is 26.9 Å². The van der Waals surface area contributed by atoms with Crippen LogP contribution >= 0.6 is 11.6 Å². The van der Waals surface area contributed by atoms with Gasteiger partial charge in [0.25, 0.3) is 11.5 Å². The van der Waals surface area contributed by atoms with Crippen LogP contribution < -0.4 is 5.56 Å². The number of nitrogens with zero attached hydrogens (tertiary/aromatic N) is 3. The number of fused-ring (bicyclic) bond motifs is 1. The zero-order valence-electron chi connectivity index (χ0n) is 19.7. The Bertz CT molecular complexity index is 1380. The molecule has 3 aromatic carbocycles. The Balaban J connectivity index is 1.91. The summed E-state index contributed by atoms with van der Waals surface area (Å²) in [5.41, 5.74) is 2.71. The monoisotopic (exact) mass is 473 g/mol. The summed E-state index contributed by atoms with van der Waals surface area (Å²) in [6.45, 7) is 6.53. The average Bonchev–Trinajstić information content (AvgIpc) is 2.85. The molecule has 1 heterocycles. The first-order valence-electron chi connectivity index (χ1n) is 11.6. The number of unbranched alkanes of at least 4 members (excludes halogenated alkanes) is 1. The molecule has 1 amide bonds. The van der Waals surface area contributed by atoms with E-state index < -0.39 is 6.04 Å². The third-order valence-corrected chi connectivity index (χ3v) is 6.38. The summed E-state index contributed by atoms with van der Waals surface area (Å²) in [5, 5.41) is 0.945. The molecule has 1 unspecified atom stereocenters. The highest BCUT2D eigenvalue weighted by Crippen LogP contribution is 2.27. The minimum absolute atomic E-state index is 0.156. The van der Waals surface area contributed by atoms with Crippen molar-refractivity contribution in [1.82, 2.24) is 14.5 Å². The van der Waals surface area contributed by atoms with Crippen LogP contribution in [0, 0.1) is 6.92 Å². The Labute approximate surface area is 204 Å². The van der Waals surface area contributed by atoms with E-state index >= 15 is 0 Å². The van der Waals surface area contributed by atoms with Gasteiger partial charge in [0.05, 0.1) is 33.2 Å². The molecule has 0 saturated carbocycles. The van der Waals surface area contributed by atoms with Gasteiger partial charge in [0.2, 0.25) is 0 Å². The van der Waals surface area contributed by atoms with Crippen LogP contribution in [0.2, 0.25) is 5.02 Å². The quantitative estimate of drug-likeness (QED) is 0.314. The van der Waals surface area contributed by atoms with Gasteiger partial charge in [-0.3, -0.25) is 14.2 Å². The van der Waals surface area contributed by atoms with E-state index in [4.69, 9.17) is 16.6 Å². The highest BCUT2D eigenvalue weighted by Gasteiger charge is 2.28.